The number of carbonyl (C=O) groups excluding carboxylic acids is 2. The number of nitrogens with one attached hydrogen (secondary N) is 3. The summed E-state index contributed by atoms with van der Waals surface area (Å²) < 4.78 is 1.55. The summed E-state index contributed by atoms with van der Waals surface area (Å²) in [4.78, 5) is 24.8. The molecule has 0 aliphatic carbocycles. The highest BCUT2D eigenvalue weighted by Crippen LogP contribution is 2.10. The Hall–Kier alpha value is -2.64. The van der Waals surface area contributed by atoms with Crippen LogP contribution in [0.25, 0.3) is 0 Å². The van der Waals surface area contributed by atoms with Gasteiger partial charge in [-0.25, -0.2) is 0 Å². The van der Waals surface area contributed by atoms with Crippen molar-refractivity contribution in [3.8, 4) is 0 Å². The number of hydrogen-bond donors (Lipinski definition) is 3. The summed E-state index contributed by atoms with van der Waals surface area (Å²) in [6, 6.07) is 2.29. The van der Waals surface area contributed by atoms with E-state index in [2.05, 4.69) is 25.9 Å². The van der Waals surface area contributed by atoms with Crippen LogP contribution in [0.3, 0.4) is 0 Å². The van der Waals surface area contributed by atoms with Crippen molar-refractivity contribution in [2.45, 2.75) is 39.3 Å². The Morgan fingerprint density at radius 1 is 1.26 bits per heavy atom. The molecule has 2 atom stereocenters. The first-order valence-corrected chi connectivity index (χ1v) is 7.57. The Balaban J connectivity index is 2.02. The second-order valence-electron chi connectivity index (χ2n) is 5.81. The minimum atomic E-state index is -0.621. The Morgan fingerprint density at radius 3 is 2.61 bits per heavy atom. The van der Waals surface area contributed by atoms with Gasteiger partial charge in [-0.05, 0) is 25.3 Å². The van der Waals surface area contributed by atoms with Gasteiger partial charge in [0, 0.05) is 18.5 Å². The summed E-state index contributed by atoms with van der Waals surface area (Å²) >= 11 is 0. The molecule has 0 fully saturated rings. The molecule has 8 heteroatoms. The number of hydrogen-bond acceptors (Lipinski definition) is 4. The average molecular weight is 318 g/mol. The van der Waals surface area contributed by atoms with Crippen molar-refractivity contribution in [3.63, 3.8) is 0 Å². The van der Waals surface area contributed by atoms with Crippen molar-refractivity contribution in [1.82, 2.24) is 25.3 Å². The maximum atomic E-state index is 12.4. The van der Waals surface area contributed by atoms with E-state index >= 15 is 0 Å². The molecule has 2 rings (SSSR count). The molecule has 124 valence electrons. The molecule has 0 bridgehead atoms. The van der Waals surface area contributed by atoms with Crippen LogP contribution in [0.2, 0.25) is 0 Å². The second-order valence-corrected chi connectivity index (χ2v) is 5.81. The van der Waals surface area contributed by atoms with Crippen molar-refractivity contribution in [1.29, 1.82) is 0 Å². The first-order chi connectivity index (χ1) is 11.0. The number of H-pyrrole nitrogens is 1. The number of aromatic amines is 1. The fourth-order valence-electron chi connectivity index (χ4n) is 2.17. The molecule has 0 unspecified atom stereocenters. The normalized spacial score (nSPS) is 13.6. The monoisotopic (exact) mass is 318 g/mol. The Labute approximate surface area is 134 Å². The summed E-state index contributed by atoms with van der Waals surface area (Å²) in [5, 5.41) is 16.0. The van der Waals surface area contributed by atoms with E-state index in [-0.39, 0.29) is 17.7 Å². The Bertz CT molecular complexity index is 620. The number of aromatic nitrogens is 4. The fourth-order valence-corrected chi connectivity index (χ4v) is 2.17. The summed E-state index contributed by atoms with van der Waals surface area (Å²) in [7, 11) is 0. The van der Waals surface area contributed by atoms with Gasteiger partial charge in [0.15, 0.2) is 0 Å². The largest absolute Gasteiger partial charge is 0.342 e. The Morgan fingerprint density at radius 2 is 2.04 bits per heavy atom. The van der Waals surface area contributed by atoms with Crippen LogP contribution in [0, 0.1) is 5.92 Å². The number of anilines is 1. The van der Waals surface area contributed by atoms with Gasteiger partial charge in [-0.1, -0.05) is 13.8 Å². The third-order valence-corrected chi connectivity index (χ3v) is 3.40. The van der Waals surface area contributed by atoms with Gasteiger partial charge in [0.05, 0.1) is 6.20 Å². The predicted octanol–water partition coefficient (Wildman–Crippen LogP) is 1.34. The molecule has 2 heterocycles. The molecule has 0 aliphatic heterocycles. The molecule has 0 aliphatic rings. The van der Waals surface area contributed by atoms with E-state index < -0.39 is 12.1 Å². The van der Waals surface area contributed by atoms with Crippen LogP contribution < -0.4 is 10.6 Å². The standard InChI is InChI=1S/C15H22N6O2/c1-10(2)9-12(15(23)19-13-5-7-16-20-13)18-14(22)11(3)21-8-4-6-17-21/h4-8,10-12H,9H2,1-3H3,(H,18,22)(H2,16,19,20,23)/t11-,12+/m1/s1. The molecule has 23 heavy (non-hydrogen) atoms. The van der Waals surface area contributed by atoms with Crippen molar-refractivity contribution in [3.05, 3.63) is 30.7 Å². The SMILES string of the molecule is CC(C)C[C@H](NC(=O)[C@@H](C)n1cccn1)C(=O)Nc1ccn[nH]1. The van der Waals surface area contributed by atoms with Gasteiger partial charge in [-0.3, -0.25) is 19.4 Å². The number of carbonyl (C=O) groups is 2. The van der Waals surface area contributed by atoms with Gasteiger partial charge in [-0.2, -0.15) is 10.2 Å². The maximum absolute atomic E-state index is 12.4. The number of amides is 2. The topological polar surface area (TPSA) is 105 Å². The van der Waals surface area contributed by atoms with Crippen LogP contribution in [0.4, 0.5) is 5.82 Å². The molecule has 0 saturated heterocycles. The van der Waals surface area contributed by atoms with Gasteiger partial charge in [0.1, 0.15) is 17.9 Å². The summed E-state index contributed by atoms with van der Waals surface area (Å²) in [5.74, 6) is 0.231. The van der Waals surface area contributed by atoms with E-state index in [1.54, 1.807) is 42.3 Å². The summed E-state index contributed by atoms with van der Waals surface area (Å²) in [6.45, 7) is 5.74. The van der Waals surface area contributed by atoms with Crippen LogP contribution in [0.15, 0.2) is 30.7 Å². The van der Waals surface area contributed by atoms with Crippen molar-refractivity contribution in [2.75, 3.05) is 5.32 Å². The molecule has 2 amide bonds. The zero-order valence-corrected chi connectivity index (χ0v) is 13.5. The number of nitrogens with zero attached hydrogens (tertiary/aromatic N) is 3. The molecule has 0 spiro atoms. The van der Waals surface area contributed by atoms with Crippen molar-refractivity contribution >= 4 is 17.6 Å². The lowest BCUT2D eigenvalue weighted by Crippen LogP contribution is -2.46. The van der Waals surface area contributed by atoms with Gasteiger partial charge < -0.3 is 10.6 Å². The number of rotatable bonds is 7. The third-order valence-electron chi connectivity index (χ3n) is 3.40. The highest BCUT2D eigenvalue weighted by molar-refractivity contribution is 5.96. The molecule has 2 aromatic heterocycles. The molecular weight excluding hydrogens is 296 g/mol. The van der Waals surface area contributed by atoms with E-state index in [4.69, 9.17) is 0 Å². The highest BCUT2D eigenvalue weighted by Gasteiger charge is 2.25. The Kier molecular flexibility index (Phi) is 5.51. The zero-order valence-electron chi connectivity index (χ0n) is 13.5. The highest BCUT2D eigenvalue weighted by atomic mass is 16.2. The zero-order chi connectivity index (χ0) is 16.8. The third kappa shape index (κ3) is 4.67. The van der Waals surface area contributed by atoms with Gasteiger partial charge >= 0.3 is 0 Å². The second kappa shape index (κ2) is 7.57. The summed E-state index contributed by atoms with van der Waals surface area (Å²) in [6.07, 6.45) is 5.41. The van der Waals surface area contributed by atoms with Crippen LogP contribution in [-0.4, -0.2) is 37.8 Å². The van der Waals surface area contributed by atoms with Crippen LogP contribution in [0.1, 0.15) is 33.2 Å². The molecule has 2 aromatic rings. The van der Waals surface area contributed by atoms with Crippen LogP contribution in [0.5, 0.6) is 0 Å². The molecule has 3 N–H and O–H groups in total. The van der Waals surface area contributed by atoms with E-state index in [9.17, 15) is 9.59 Å². The molecule has 0 saturated carbocycles. The minimum absolute atomic E-state index is 0.251. The lowest BCUT2D eigenvalue weighted by Gasteiger charge is -2.22. The molecule has 0 aromatic carbocycles. The molecular formula is C15H22N6O2. The van der Waals surface area contributed by atoms with Crippen LogP contribution >= 0.6 is 0 Å². The minimum Gasteiger partial charge on any atom is -0.342 e. The van der Waals surface area contributed by atoms with Crippen LogP contribution in [-0.2, 0) is 9.59 Å². The maximum Gasteiger partial charge on any atom is 0.248 e. The molecule has 0 radical (unpaired) electrons. The first kappa shape index (κ1) is 16.7. The van der Waals surface area contributed by atoms with E-state index in [0.717, 1.165) is 0 Å². The van der Waals surface area contributed by atoms with Gasteiger partial charge in [0.2, 0.25) is 11.8 Å². The van der Waals surface area contributed by atoms with Gasteiger partial charge in [0.25, 0.3) is 0 Å². The first-order valence-electron chi connectivity index (χ1n) is 7.57. The lowest BCUT2D eigenvalue weighted by molar-refractivity contribution is -0.128. The predicted molar refractivity (Wildman–Crippen MR) is 85.5 cm³/mol. The van der Waals surface area contributed by atoms with Crippen molar-refractivity contribution in [2.24, 2.45) is 5.92 Å². The lowest BCUT2D eigenvalue weighted by atomic mass is 10.0. The van der Waals surface area contributed by atoms with Gasteiger partial charge in [-0.15, -0.1) is 0 Å². The van der Waals surface area contributed by atoms with E-state index in [1.807, 2.05) is 13.8 Å². The van der Waals surface area contributed by atoms with E-state index in [0.29, 0.717) is 12.2 Å². The fraction of sp³-hybridized carbons (Fsp3) is 0.467. The van der Waals surface area contributed by atoms with E-state index in [1.165, 1.54) is 0 Å². The quantitative estimate of drug-likeness (QED) is 0.716. The summed E-state index contributed by atoms with van der Waals surface area (Å²) in [5.41, 5.74) is 0. The average Bonchev–Trinajstić information content (AvgIpc) is 3.18. The molecule has 8 nitrogen and oxygen atoms in total. The smallest absolute Gasteiger partial charge is 0.248 e. The van der Waals surface area contributed by atoms with Crippen molar-refractivity contribution < 1.29 is 9.59 Å².